The third-order valence-corrected chi connectivity index (χ3v) is 4.58. The molecule has 0 heteroatoms. The highest BCUT2D eigenvalue weighted by molar-refractivity contribution is 5.17. The number of hydrogen-bond donors (Lipinski definition) is 0. The van der Waals surface area contributed by atoms with Crippen LogP contribution < -0.4 is 0 Å². The molecule has 2 rings (SSSR count). The second-order valence-corrected chi connectivity index (χ2v) is 9.77. The highest BCUT2D eigenvalue weighted by atomic mass is 14.3. The van der Waals surface area contributed by atoms with Crippen LogP contribution in [-0.2, 0) is 0 Å². The van der Waals surface area contributed by atoms with Crippen molar-refractivity contribution < 1.29 is 0 Å². The minimum Gasteiger partial charge on any atom is -0.106 e. The van der Waals surface area contributed by atoms with E-state index in [9.17, 15) is 0 Å². The second-order valence-electron chi connectivity index (χ2n) is 9.77. The van der Waals surface area contributed by atoms with Gasteiger partial charge < -0.3 is 0 Å². The van der Waals surface area contributed by atoms with Gasteiger partial charge in [0.15, 0.2) is 0 Å². The standard InChI is InChI=1S/C9H18.C9H12.C6H10.C4H10.3C2H6/c1-7(2)9-5-4-8(3)6-9;1-8(2)9-6-4-3-5-7-9;1-4-5-6(2)3;1-4(2)3;3*1-2/h7-9H,4-6H2,1-3H3;3-8H,1-2H3;6H,1-3H3;4H,1-3H3;3*1-2H3. The Morgan fingerprint density at radius 2 is 1.12 bits per heavy atom. The van der Waals surface area contributed by atoms with Gasteiger partial charge in [-0.1, -0.05) is 148 Å². The van der Waals surface area contributed by atoms with Crippen LogP contribution in [0.1, 0.15) is 148 Å². The van der Waals surface area contributed by atoms with Crippen molar-refractivity contribution in [3.8, 4) is 11.8 Å². The minimum absolute atomic E-state index is 0.537. The third kappa shape index (κ3) is 38.1. The molecule has 1 saturated carbocycles. The Morgan fingerprint density at radius 1 is 0.706 bits per heavy atom. The molecule has 0 aromatic heterocycles. The maximum absolute atomic E-state index is 2.96. The zero-order valence-corrected chi connectivity index (χ0v) is 27.0. The van der Waals surface area contributed by atoms with Crippen molar-refractivity contribution in [1.82, 2.24) is 0 Å². The molecule has 34 heavy (non-hydrogen) atoms. The van der Waals surface area contributed by atoms with Crippen molar-refractivity contribution in [1.29, 1.82) is 0 Å². The predicted molar refractivity (Wildman–Crippen MR) is 165 cm³/mol. The average molecular weight is 477 g/mol. The average Bonchev–Trinajstić information content (AvgIpc) is 3.26. The van der Waals surface area contributed by atoms with E-state index in [2.05, 4.69) is 105 Å². The maximum Gasteiger partial charge on any atom is 0.0146 e. The lowest BCUT2D eigenvalue weighted by molar-refractivity contribution is 0.384. The van der Waals surface area contributed by atoms with Gasteiger partial charge >= 0.3 is 0 Å². The van der Waals surface area contributed by atoms with Crippen LogP contribution in [0, 0.1) is 41.4 Å². The molecule has 0 N–H and O–H groups in total. The summed E-state index contributed by atoms with van der Waals surface area (Å²) >= 11 is 0. The Hall–Kier alpha value is -1.22. The van der Waals surface area contributed by atoms with Gasteiger partial charge in [0.05, 0.1) is 0 Å². The molecule has 0 bridgehead atoms. The van der Waals surface area contributed by atoms with Crippen LogP contribution in [0.15, 0.2) is 30.3 Å². The van der Waals surface area contributed by atoms with Gasteiger partial charge in [-0.2, -0.15) is 0 Å². The molecule has 1 aromatic carbocycles. The zero-order chi connectivity index (χ0) is 28.1. The van der Waals surface area contributed by atoms with Crippen molar-refractivity contribution >= 4 is 0 Å². The maximum atomic E-state index is 2.96. The molecule has 0 heterocycles. The number of rotatable bonds is 2. The predicted octanol–water partition coefficient (Wildman–Crippen LogP) is 12.3. The Kier molecular flexibility index (Phi) is 42.8. The van der Waals surface area contributed by atoms with Crippen molar-refractivity contribution in [2.24, 2.45) is 29.6 Å². The van der Waals surface area contributed by atoms with E-state index < -0.39 is 0 Å². The van der Waals surface area contributed by atoms with Gasteiger partial charge in [0.2, 0.25) is 0 Å². The highest BCUT2D eigenvalue weighted by Gasteiger charge is 2.23. The third-order valence-electron chi connectivity index (χ3n) is 4.58. The second kappa shape index (κ2) is 34.0. The van der Waals surface area contributed by atoms with E-state index in [-0.39, 0.29) is 0 Å². The summed E-state index contributed by atoms with van der Waals surface area (Å²) in [4.78, 5) is 0. The fourth-order valence-corrected chi connectivity index (χ4v) is 2.98. The molecular formula is C34H68. The summed E-state index contributed by atoms with van der Waals surface area (Å²) in [7, 11) is 0. The summed E-state index contributed by atoms with van der Waals surface area (Å²) in [5.41, 5.74) is 1.41. The largest absolute Gasteiger partial charge is 0.106 e. The first-order valence-electron chi connectivity index (χ1n) is 14.5. The van der Waals surface area contributed by atoms with E-state index in [1.165, 1.54) is 24.8 Å². The Morgan fingerprint density at radius 3 is 1.26 bits per heavy atom. The van der Waals surface area contributed by atoms with Crippen molar-refractivity contribution in [3.63, 3.8) is 0 Å². The first kappa shape index (κ1) is 42.9. The minimum atomic E-state index is 0.537. The Bertz CT molecular complexity index is 493. The smallest absolute Gasteiger partial charge is 0.0146 e. The first-order chi connectivity index (χ1) is 16.0. The van der Waals surface area contributed by atoms with E-state index in [1.807, 2.05) is 54.5 Å². The molecule has 0 amide bonds. The van der Waals surface area contributed by atoms with Gasteiger partial charge in [-0.15, -0.1) is 11.8 Å². The highest BCUT2D eigenvalue weighted by Crippen LogP contribution is 2.34. The summed E-state index contributed by atoms with van der Waals surface area (Å²) in [6.07, 6.45) is 4.44. The Balaban J connectivity index is -0.000000106. The summed E-state index contributed by atoms with van der Waals surface area (Å²) in [6.45, 7) is 36.0. The van der Waals surface area contributed by atoms with Crippen LogP contribution in [0.4, 0.5) is 0 Å². The van der Waals surface area contributed by atoms with Gasteiger partial charge in [-0.25, -0.2) is 0 Å². The summed E-state index contributed by atoms with van der Waals surface area (Å²) in [6, 6.07) is 10.5. The topological polar surface area (TPSA) is 0 Å². The van der Waals surface area contributed by atoms with E-state index >= 15 is 0 Å². The zero-order valence-electron chi connectivity index (χ0n) is 27.0. The van der Waals surface area contributed by atoms with Crippen LogP contribution in [0.3, 0.4) is 0 Å². The van der Waals surface area contributed by atoms with Gasteiger partial charge in [0.1, 0.15) is 0 Å². The van der Waals surface area contributed by atoms with Crippen LogP contribution in [-0.4, -0.2) is 0 Å². The van der Waals surface area contributed by atoms with Crippen molar-refractivity contribution in [3.05, 3.63) is 35.9 Å². The molecular weight excluding hydrogens is 408 g/mol. The summed E-state index contributed by atoms with van der Waals surface area (Å²) < 4.78 is 0. The van der Waals surface area contributed by atoms with E-state index in [1.54, 1.807) is 0 Å². The molecule has 0 aliphatic heterocycles. The van der Waals surface area contributed by atoms with Crippen molar-refractivity contribution in [2.75, 3.05) is 0 Å². The lowest BCUT2D eigenvalue weighted by Gasteiger charge is -2.12. The quantitative estimate of drug-likeness (QED) is 0.372. The molecule has 1 fully saturated rings. The fourth-order valence-electron chi connectivity index (χ4n) is 2.98. The van der Waals surface area contributed by atoms with Gasteiger partial charge in [-0.3, -0.25) is 0 Å². The van der Waals surface area contributed by atoms with Crippen LogP contribution in [0.2, 0.25) is 0 Å². The summed E-state index contributed by atoms with van der Waals surface area (Å²) in [5.74, 6) is 10.8. The molecule has 0 nitrogen and oxygen atoms in total. The molecule has 1 aromatic rings. The molecule has 2 atom stereocenters. The number of benzene rings is 1. The lowest BCUT2D eigenvalue weighted by Crippen LogP contribution is -2.02. The van der Waals surface area contributed by atoms with Gasteiger partial charge in [-0.05, 0) is 54.9 Å². The lowest BCUT2D eigenvalue weighted by atomic mass is 9.94. The molecule has 0 saturated heterocycles. The summed E-state index contributed by atoms with van der Waals surface area (Å²) in [5, 5.41) is 0. The number of hydrogen-bond acceptors (Lipinski definition) is 0. The van der Waals surface area contributed by atoms with Crippen LogP contribution >= 0.6 is 0 Å². The Labute approximate surface area is 220 Å². The molecule has 0 radical (unpaired) electrons. The van der Waals surface area contributed by atoms with Gasteiger partial charge in [0, 0.05) is 5.92 Å². The monoisotopic (exact) mass is 477 g/mol. The van der Waals surface area contributed by atoms with E-state index in [4.69, 9.17) is 0 Å². The van der Waals surface area contributed by atoms with Crippen molar-refractivity contribution in [2.45, 2.75) is 143 Å². The van der Waals surface area contributed by atoms with E-state index in [0.717, 1.165) is 23.7 Å². The molecule has 2 unspecified atom stereocenters. The fraction of sp³-hybridized carbons (Fsp3) is 0.765. The van der Waals surface area contributed by atoms with Gasteiger partial charge in [0.25, 0.3) is 0 Å². The molecule has 0 spiro atoms. The normalized spacial score (nSPS) is 15.1. The van der Waals surface area contributed by atoms with Crippen LogP contribution in [0.25, 0.3) is 0 Å². The van der Waals surface area contributed by atoms with Crippen LogP contribution in [0.5, 0.6) is 0 Å². The SMILES string of the molecule is CC.CC.CC.CC#CC(C)C.CC(C)C.CC(C)c1ccccc1.CC1CCC(C(C)C)C1. The molecule has 1 aliphatic rings. The molecule has 1 aliphatic carbocycles. The van der Waals surface area contributed by atoms with E-state index in [0.29, 0.717) is 11.8 Å². The molecule has 204 valence electrons. The first-order valence-corrected chi connectivity index (χ1v) is 14.5.